The topological polar surface area (TPSA) is 83.8 Å². The molecule has 1 atom stereocenters. The maximum absolute atomic E-state index is 11.6. The molecule has 0 aliphatic carbocycles. The first-order valence-corrected chi connectivity index (χ1v) is 11.3. The standard InChI is InChI=1S/C18H37O5P/c1-3-5-6-7-8-9-10-11-12-13-14-15-16-17(24(20,21)22)18(19)23-4-2/h17H,3-16H2,1-2H3,(H2,20,21,22). The van der Waals surface area contributed by atoms with Crippen LogP contribution < -0.4 is 0 Å². The number of unbranched alkanes of at least 4 members (excludes halogenated alkanes) is 11. The lowest BCUT2D eigenvalue weighted by Crippen LogP contribution is -2.23. The zero-order chi connectivity index (χ0) is 18.3. The van der Waals surface area contributed by atoms with Gasteiger partial charge in [0.05, 0.1) is 6.61 Å². The second-order valence-electron chi connectivity index (χ2n) is 6.53. The summed E-state index contributed by atoms with van der Waals surface area (Å²) < 4.78 is 16.1. The smallest absolute Gasteiger partial charge is 0.339 e. The molecule has 0 rings (SSSR count). The zero-order valence-corrected chi connectivity index (χ0v) is 16.4. The van der Waals surface area contributed by atoms with Gasteiger partial charge in [0, 0.05) is 0 Å². The summed E-state index contributed by atoms with van der Waals surface area (Å²) in [5.41, 5.74) is -1.29. The minimum absolute atomic E-state index is 0.147. The van der Waals surface area contributed by atoms with E-state index in [1.54, 1.807) is 6.92 Å². The van der Waals surface area contributed by atoms with Gasteiger partial charge in [0.25, 0.3) is 0 Å². The summed E-state index contributed by atoms with van der Waals surface area (Å²) in [6, 6.07) is 0. The molecule has 0 saturated heterocycles. The molecule has 0 spiro atoms. The maximum Gasteiger partial charge on any atom is 0.339 e. The van der Waals surface area contributed by atoms with Crippen LogP contribution in [0.5, 0.6) is 0 Å². The molecule has 6 heteroatoms. The SMILES string of the molecule is CCCCCCCCCCCCCCC(C(=O)OCC)P(=O)(O)O. The lowest BCUT2D eigenvalue weighted by Gasteiger charge is -2.16. The van der Waals surface area contributed by atoms with Gasteiger partial charge in [-0.15, -0.1) is 0 Å². The minimum Gasteiger partial charge on any atom is -0.465 e. The van der Waals surface area contributed by atoms with Gasteiger partial charge >= 0.3 is 13.6 Å². The van der Waals surface area contributed by atoms with E-state index >= 15 is 0 Å². The minimum atomic E-state index is -4.42. The van der Waals surface area contributed by atoms with Crippen LogP contribution in [0.15, 0.2) is 0 Å². The van der Waals surface area contributed by atoms with Gasteiger partial charge in [0.15, 0.2) is 5.66 Å². The van der Waals surface area contributed by atoms with E-state index in [0.29, 0.717) is 6.42 Å². The summed E-state index contributed by atoms with van der Waals surface area (Å²) >= 11 is 0. The molecule has 0 radical (unpaired) electrons. The summed E-state index contributed by atoms with van der Waals surface area (Å²) in [6.45, 7) is 4.01. The van der Waals surface area contributed by atoms with Crippen molar-refractivity contribution in [3.05, 3.63) is 0 Å². The van der Waals surface area contributed by atoms with Crippen molar-refractivity contribution in [2.45, 2.75) is 103 Å². The fourth-order valence-electron chi connectivity index (χ4n) is 2.84. The molecule has 0 saturated carbocycles. The van der Waals surface area contributed by atoms with Crippen LogP contribution in [0.3, 0.4) is 0 Å². The Morgan fingerprint density at radius 1 is 0.833 bits per heavy atom. The van der Waals surface area contributed by atoms with Gasteiger partial charge in [0.2, 0.25) is 0 Å². The zero-order valence-electron chi connectivity index (χ0n) is 15.5. The van der Waals surface area contributed by atoms with Crippen molar-refractivity contribution in [1.82, 2.24) is 0 Å². The van der Waals surface area contributed by atoms with Crippen LogP contribution in [-0.2, 0) is 14.1 Å². The normalized spacial score (nSPS) is 13.0. The van der Waals surface area contributed by atoms with E-state index in [-0.39, 0.29) is 13.0 Å². The molecule has 2 N–H and O–H groups in total. The fourth-order valence-corrected chi connectivity index (χ4v) is 3.71. The van der Waals surface area contributed by atoms with Gasteiger partial charge in [-0.3, -0.25) is 9.36 Å². The van der Waals surface area contributed by atoms with Gasteiger partial charge in [-0.05, 0) is 13.3 Å². The van der Waals surface area contributed by atoms with Crippen LogP contribution in [0.25, 0.3) is 0 Å². The summed E-state index contributed by atoms with van der Waals surface area (Å²) in [5.74, 6) is -0.770. The van der Waals surface area contributed by atoms with Crippen molar-refractivity contribution < 1.29 is 23.9 Å². The van der Waals surface area contributed by atoms with Gasteiger partial charge in [0.1, 0.15) is 0 Å². The lowest BCUT2D eigenvalue weighted by atomic mass is 10.0. The Labute approximate surface area is 147 Å². The number of carbonyl (C=O) groups excluding carboxylic acids is 1. The first-order valence-electron chi connectivity index (χ1n) is 9.65. The highest BCUT2D eigenvalue weighted by Gasteiger charge is 2.36. The van der Waals surface area contributed by atoms with Gasteiger partial charge in [-0.1, -0.05) is 84.0 Å². The van der Waals surface area contributed by atoms with Crippen molar-refractivity contribution in [3.63, 3.8) is 0 Å². The second kappa shape index (κ2) is 14.9. The molecule has 1 unspecified atom stereocenters. The summed E-state index contributed by atoms with van der Waals surface area (Å²) in [5, 5.41) is 0. The number of rotatable bonds is 16. The third kappa shape index (κ3) is 13.0. The Morgan fingerprint density at radius 2 is 1.25 bits per heavy atom. The molecule has 0 aliphatic heterocycles. The Balaban J connectivity index is 3.62. The van der Waals surface area contributed by atoms with Crippen LogP contribution in [-0.4, -0.2) is 28.0 Å². The van der Waals surface area contributed by atoms with Crippen molar-refractivity contribution in [3.8, 4) is 0 Å². The first-order chi connectivity index (χ1) is 11.4. The van der Waals surface area contributed by atoms with E-state index in [1.165, 1.54) is 51.4 Å². The summed E-state index contributed by atoms with van der Waals surface area (Å²) in [6.07, 6.45) is 14.5. The van der Waals surface area contributed by atoms with E-state index < -0.39 is 19.2 Å². The molecule has 24 heavy (non-hydrogen) atoms. The van der Waals surface area contributed by atoms with Crippen molar-refractivity contribution in [2.75, 3.05) is 6.61 Å². The summed E-state index contributed by atoms with van der Waals surface area (Å²) in [4.78, 5) is 30.1. The Kier molecular flexibility index (Phi) is 14.7. The van der Waals surface area contributed by atoms with E-state index in [1.807, 2.05) is 0 Å². The fraction of sp³-hybridized carbons (Fsp3) is 0.944. The van der Waals surface area contributed by atoms with Crippen LogP contribution in [0.4, 0.5) is 0 Å². The first kappa shape index (κ1) is 23.6. The molecular formula is C18H37O5P. The highest BCUT2D eigenvalue weighted by Crippen LogP contribution is 2.44. The Morgan fingerprint density at radius 3 is 1.62 bits per heavy atom. The Hall–Kier alpha value is -0.380. The number of hydrogen-bond acceptors (Lipinski definition) is 3. The predicted molar refractivity (Wildman–Crippen MR) is 98.2 cm³/mol. The quantitative estimate of drug-likeness (QED) is 0.224. The second-order valence-corrected chi connectivity index (χ2v) is 8.34. The van der Waals surface area contributed by atoms with E-state index in [9.17, 15) is 19.1 Å². The highest BCUT2D eigenvalue weighted by atomic mass is 31.2. The average Bonchev–Trinajstić information content (AvgIpc) is 2.50. The van der Waals surface area contributed by atoms with E-state index in [4.69, 9.17) is 4.74 Å². The number of hydrogen-bond donors (Lipinski definition) is 2. The number of esters is 1. The van der Waals surface area contributed by atoms with Gasteiger partial charge in [-0.2, -0.15) is 0 Å². The number of ether oxygens (including phenoxy) is 1. The molecule has 0 aromatic carbocycles. The van der Waals surface area contributed by atoms with Crippen LogP contribution in [0.1, 0.15) is 97.3 Å². The molecule has 0 heterocycles. The van der Waals surface area contributed by atoms with Crippen LogP contribution in [0.2, 0.25) is 0 Å². The predicted octanol–water partition coefficient (Wildman–Crippen LogP) is 5.19. The molecule has 5 nitrogen and oxygen atoms in total. The van der Waals surface area contributed by atoms with Crippen molar-refractivity contribution in [1.29, 1.82) is 0 Å². The summed E-state index contributed by atoms with van der Waals surface area (Å²) in [7, 11) is -4.42. The Bertz CT molecular complexity index is 353. The molecule has 0 aromatic heterocycles. The molecule has 0 aromatic rings. The third-order valence-electron chi connectivity index (χ3n) is 4.30. The molecule has 0 bridgehead atoms. The van der Waals surface area contributed by atoms with Crippen molar-refractivity contribution in [2.24, 2.45) is 0 Å². The van der Waals surface area contributed by atoms with Crippen LogP contribution in [0, 0.1) is 0 Å². The lowest BCUT2D eigenvalue weighted by molar-refractivity contribution is -0.143. The molecule has 0 fully saturated rings. The monoisotopic (exact) mass is 364 g/mol. The van der Waals surface area contributed by atoms with Crippen LogP contribution >= 0.6 is 7.60 Å². The van der Waals surface area contributed by atoms with Crippen molar-refractivity contribution >= 4 is 13.6 Å². The molecular weight excluding hydrogens is 327 g/mol. The van der Waals surface area contributed by atoms with E-state index in [0.717, 1.165) is 19.3 Å². The average molecular weight is 364 g/mol. The molecule has 144 valence electrons. The van der Waals surface area contributed by atoms with Gasteiger partial charge in [-0.25, -0.2) is 0 Å². The largest absolute Gasteiger partial charge is 0.465 e. The third-order valence-corrected chi connectivity index (χ3v) is 5.58. The molecule has 0 amide bonds. The highest BCUT2D eigenvalue weighted by molar-refractivity contribution is 7.53. The molecule has 0 aliphatic rings. The number of carbonyl (C=O) groups is 1. The maximum atomic E-state index is 11.6. The van der Waals surface area contributed by atoms with Gasteiger partial charge < -0.3 is 14.5 Å². The van der Waals surface area contributed by atoms with E-state index in [2.05, 4.69) is 6.92 Å².